The van der Waals surface area contributed by atoms with Crippen LogP contribution in [-0.2, 0) is 4.74 Å². The zero-order chi connectivity index (χ0) is 11.7. The van der Waals surface area contributed by atoms with Crippen molar-refractivity contribution in [3.05, 3.63) is 0 Å². The van der Waals surface area contributed by atoms with Gasteiger partial charge >= 0.3 is 0 Å². The Bertz CT molecular complexity index is 251. The molecule has 0 saturated heterocycles. The predicted molar refractivity (Wildman–Crippen MR) is 69.1 cm³/mol. The number of nitrogens with one attached hydrogen (secondary N) is 1. The maximum absolute atomic E-state index is 5.26. The number of rotatable bonds is 8. The number of hydrogen-bond acceptors (Lipinski definition) is 3. The molecule has 2 unspecified atom stereocenters. The van der Waals surface area contributed by atoms with Crippen LogP contribution in [0.4, 0.5) is 0 Å². The number of nitrogens with zero attached hydrogens (tertiary/aromatic N) is 1. The van der Waals surface area contributed by atoms with Crippen LogP contribution >= 0.6 is 0 Å². The lowest BCUT2D eigenvalue weighted by Crippen LogP contribution is -2.52. The first-order valence-electron chi connectivity index (χ1n) is 7.36. The van der Waals surface area contributed by atoms with Gasteiger partial charge in [-0.25, -0.2) is 0 Å². The molecule has 0 spiro atoms. The van der Waals surface area contributed by atoms with E-state index in [0.717, 1.165) is 37.2 Å². The van der Waals surface area contributed by atoms with Gasteiger partial charge in [0.15, 0.2) is 0 Å². The molecular weight excluding hydrogens is 212 g/mol. The molecule has 3 aliphatic carbocycles. The maximum atomic E-state index is 5.26. The Kier molecular flexibility index (Phi) is 3.69. The van der Waals surface area contributed by atoms with Gasteiger partial charge in [0, 0.05) is 31.8 Å². The second-order valence-corrected chi connectivity index (χ2v) is 6.05. The minimum absolute atomic E-state index is 0.851. The van der Waals surface area contributed by atoms with Crippen LogP contribution in [0.25, 0.3) is 0 Å². The van der Waals surface area contributed by atoms with Crippen molar-refractivity contribution in [1.29, 1.82) is 0 Å². The summed E-state index contributed by atoms with van der Waals surface area (Å²) in [7, 11) is 1.82. The fourth-order valence-corrected chi connectivity index (χ4v) is 3.05. The lowest BCUT2D eigenvalue weighted by Gasteiger charge is -2.45. The van der Waals surface area contributed by atoms with Crippen molar-refractivity contribution in [3.8, 4) is 0 Å². The van der Waals surface area contributed by atoms with Gasteiger partial charge in [0.1, 0.15) is 0 Å². The van der Waals surface area contributed by atoms with E-state index >= 15 is 0 Å². The molecule has 0 aromatic rings. The van der Waals surface area contributed by atoms with Gasteiger partial charge in [0.25, 0.3) is 0 Å². The number of ether oxygens (including phenoxy) is 1. The van der Waals surface area contributed by atoms with Crippen LogP contribution in [-0.4, -0.2) is 49.8 Å². The normalized spacial score (nSPS) is 32.8. The number of methoxy groups -OCH3 is 1. The smallest absolute Gasteiger partial charge is 0.0589 e. The predicted octanol–water partition coefficient (Wildman–Crippen LogP) is 1.63. The zero-order valence-corrected chi connectivity index (χ0v) is 11.0. The molecule has 0 aromatic carbocycles. The minimum Gasteiger partial charge on any atom is -0.383 e. The summed E-state index contributed by atoms with van der Waals surface area (Å²) in [5.74, 6) is 0.910. The van der Waals surface area contributed by atoms with E-state index in [1.165, 1.54) is 45.1 Å². The molecule has 0 bridgehead atoms. The van der Waals surface area contributed by atoms with Crippen LogP contribution in [0.2, 0.25) is 0 Å². The summed E-state index contributed by atoms with van der Waals surface area (Å²) < 4.78 is 5.26. The third kappa shape index (κ3) is 3.01. The summed E-state index contributed by atoms with van der Waals surface area (Å²) in [6.07, 6.45) is 8.50. The highest BCUT2D eigenvalue weighted by Gasteiger charge is 2.41. The van der Waals surface area contributed by atoms with E-state index < -0.39 is 0 Å². The van der Waals surface area contributed by atoms with Crippen LogP contribution in [0, 0.1) is 5.92 Å². The highest BCUT2D eigenvalue weighted by Crippen LogP contribution is 2.39. The first kappa shape index (κ1) is 11.9. The Morgan fingerprint density at radius 1 is 1.12 bits per heavy atom. The summed E-state index contributed by atoms with van der Waals surface area (Å²) in [4.78, 5) is 2.74. The van der Waals surface area contributed by atoms with E-state index in [9.17, 15) is 0 Å². The largest absolute Gasteiger partial charge is 0.383 e. The molecule has 3 nitrogen and oxygen atoms in total. The minimum atomic E-state index is 0.851. The fourth-order valence-electron chi connectivity index (χ4n) is 3.05. The monoisotopic (exact) mass is 238 g/mol. The molecule has 0 aliphatic heterocycles. The third-order valence-corrected chi connectivity index (χ3v) is 4.62. The van der Waals surface area contributed by atoms with Crippen molar-refractivity contribution in [1.82, 2.24) is 10.2 Å². The van der Waals surface area contributed by atoms with Crippen molar-refractivity contribution in [2.24, 2.45) is 5.92 Å². The van der Waals surface area contributed by atoms with Gasteiger partial charge < -0.3 is 10.1 Å². The van der Waals surface area contributed by atoms with Gasteiger partial charge in [0.2, 0.25) is 0 Å². The number of hydrogen-bond donors (Lipinski definition) is 1. The van der Waals surface area contributed by atoms with E-state index in [1.54, 1.807) is 0 Å². The molecule has 98 valence electrons. The summed E-state index contributed by atoms with van der Waals surface area (Å²) >= 11 is 0. The van der Waals surface area contributed by atoms with E-state index in [4.69, 9.17) is 4.74 Å². The van der Waals surface area contributed by atoms with Crippen molar-refractivity contribution in [2.45, 2.75) is 56.7 Å². The van der Waals surface area contributed by atoms with E-state index in [-0.39, 0.29) is 0 Å². The van der Waals surface area contributed by atoms with Crippen LogP contribution < -0.4 is 5.32 Å². The standard InChI is InChI=1S/C14H26N2O/c1-17-9-8-16(13-5-6-13)14-7-2-11(14)10-15-12-3-4-12/h11-15H,2-10H2,1H3. The van der Waals surface area contributed by atoms with Crippen molar-refractivity contribution >= 4 is 0 Å². The van der Waals surface area contributed by atoms with Gasteiger partial charge in [0.05, 0.1) is 6.61 Å². The molecule has 17 heavy (non-hydrogen) atoms. The SMILES string of the molecule is COCCN(C1CC1)C1CCC1CNC1CC1. The first-order chi connectivity index (χ1) is 8.38. The van der Waals surface area contributed by atoms with E-state index in [1.807, 2.05) is 7.11 Å². The summed E-state index contributed by atoms with van der Waals surface area (Å²) in [6, 6.07) is 2.60. The molecule has 0 heterocycles. The second-order valence-electron chi connectivity index (χ2n) is 6.05. The molecule has 3 saturated carbocycles. The molecule has 2 atom stereocenters. The molecule has 3 rings (SSSR count). The van der Waals surface area contributed by atoms with Crippen LogP contribution in [0.5, 0.6) is 0 Å². The molecule has 3 heteroatoms. The van der Waals surface area contributed by atoms with Crippen molar-refractivity contribution in [2.75, 3.05) is 26.8 Å². The van der Waals surface area contributed by atoms with Gasteiger partial charge in [-0.2, -0.15) is 0 Å². The summed E-state index contributed by atoms with van der Waals surface area (Å²) in [6.45, 7) is 3.30. The van der Waals surface area contributed by atoms with Gasteiger partial charge in [-0.05, 0) is 51.0 Å². The van der Waals surface area contributed by atoms with Gasteiger partial charge in [-0.3, -0.25) is 4.90 Å². The average Bonchev–Trinajstić information content (AvgIpc) is 3.14. The highest BCUT2D eigenvalue weighted by atomic mass is 16.5. The zero-order valence-electron chi connectivity index (χ0n) is 11.0. The third-order valence-electron chi connectivity index (χ3n) is 4.62. The summed E-state index contributed by atoms with van der Waals surface area (Å²) in [5, 5.41) is 3.70. The highest BCUT2D eigenvalue weighted by molar-refractivity contribution is 4.97. The van der Waals surface area contributed by atoms with Crippen molar-refractivity contribution in [3.63, 3.8) is 0 Å². The Hall–Kier alpha value is -0.120. The maximum Gasteiger partial charge on any atom is 0.0589 e. The van der Waals surface area contributed by atoms with Crippen LogP contribution in [0.3, 0.4) is 0 Å². The second kappa shape index (κ2) is 5.25. The Balaban J connectivity index is 1.46. The van der Waals surface area contributed by atoms with Crippen LogP contribution in [0.15, 0.2) is 0 Å². The molecule has 3 aliphatic rings. The Morgan fingerprint density at radius 3 is 2.47 bits per heavy atom. The quantitative estimate of drug-likeness (QED) is 0.695. The van der Waals surface area contributed by atoms with Crippen molar-refractivity contribution < 1.29 is 4.74 Å². The van der Waals surface area contributed by atoms with E-state index in [0.29, 0.717) is 0 Å². The molecule has 1 N–H and O–H groups in total. The lowest BCUT2D eigenvalue weighted by molar-refractivity contribution is 0.0337. The topological polar surface area (TPSA) is 24.5 Å². The fraction of sp³-hybridized carbons (Fsp3) is 1.00. The van der Waals surface area contributed by atoms with Crippen LogP contribution in [0.1, 0.15) is 38.5 Å². The molecular formula is C14H26N2O. The van der Waals surface area contributed by atoms with E-state index in [2.05, 4.69) is 10.2 Å². The molecule has 3 fully saturated rings. The molecule has 0 aromatic heterocycles. The summed E-state index contributed by atoms with van der Waals surface area (Å²) in [5.41, 5.74) is 0. The molecule has 0 radical (unpaired) electrons. The van der Waals surface area contributed by atoms with Gasteiger partial charge in [-0.1, -0.05) is 0 Å². The molecule has 0 amide bonds. The Morgan fingerprint density at radius 2 is 1.94 bits per heavy atom. The Labute approximate surface area is 105 Å². The van der Waals surface area contributed by atoms with Gasteiger partial charge in [-0.15, -0.1) is 0 Å². The lowest BCUT2D eigenvalue weighted by atomic mass is 9.78. The first-order valence-corrected chi connectivity index (χ1v) is 7.36. The average molecular weight is 238 g/mol.